The van der Waals surface area contributed by atoms with E-state index in [9.17, 15) is 4.79 Å². The Labute approximate surface area is 106 Å². The lowest BCUT2D eigenvalue weighted by Gasteiger charge is -2.27. The van der Waals surface area contributed by atoms with Crippen LogP contribution in [0.25, 0.3) is 0 Å². The van der Waals surface area contributed by atoms with E-state index in [1.54, 1.807) is 0 Å². The summed E-state index contributed by atoms with van der Waals surface area (Å²) in [6.45, 7) is 12.5. The molecule has 0 aromatic carbocycles. The molecule has 0 aromatic heterocycles. The van der Waals surface area contributed by atoms with E-state index in [0.717, 1.165) is 37.8 Å². The standard InChI is InChI=1S/C14H28N2O/c1-11(2)12-7-6-9-16(10-8-12)13(17)15-14(3,4)5/h11-12H,6-10H2,1-5H3,(H,15,17). The fraction of sp³-hybridized carbons (Fsp3) is 0.929. The van der Waals surface area contributed by atoms with Gasteiger partial charge in [-0.25, -0.2) is 4.79 Å². The summed E-state index contributed by atoms with van der Waals surface area (Å²) < 4.78 is 0. The van der Waals surface area contributed by atoms with E-state index in [1.165, 1.54) is 6.42 Å². The molecule has 0 aromatic rings. The average molecular weight is 240 g/mol. The molecule has 2 amide bonds. The van der Waals surface area contributed by atoms with Crippen LogP contribution < -0.4 is 5.32 Å². The number of nitrogens with one attached hydrogen (secondary N) is 1. The summed E-state index contributed by atoms with van der Waals surface area (Å²) in [4.78, 5) is 14.0. The van der Waals surface area contributed by atoms with E-state index in [4.69, 9.17) is 0 Å². The van der Waals surface area contributed by atoms with Gasteiger partial charge in [-0.3, -0.25) is 0 Å². The zero-order chi connectivity index (χ0) is 13.1. The minimum atomic E-state index is -0.138. The van der Waals surface area contributed by atoms with Crippen LogP contribution >= 0.6 is 0 Å². The molecule has 0 bridgehead atoms. The Balaban J connectivity index is 2.48. The van der Waals surface area contributed by atoms with Gasteiger partial charge in [-0.15, -0.1) is 0 Å². The second-order valence-electron chi connectivity index (χ2n) is 6.60. The zero-order valence-electron chi connectivity index (χ0n) is 12.0. The second kappa shape index (κ2) is 5.74. The smallest absolute Gasteiger partial charge is 0.317 e. The molecular formula is C14H28N2O. The Hall–Kier alpha value is -0.730. The van der Waals surface area contributed by atoms with Crippen LogP contribution in [0.1, 0.15) is 53.9 Å². The molecule has 1 unspecified atom stereocenters. The molecule has 1 heterocycles. The molecular weight excluding hydrogens is 212 g/mol. The maximum absolute atomic E-state index is 12.1. The van der Waals surface area contributed by atoms with Gasteiger partial charge < -0.3 is 10.2 Å². The molecule has 0 spiro atoms. The Bertz CT molecular complexity index is 255. The van der Waals surface area contributed by atoms with E-state index in [-0.39, 0.29) is 11.6 Å². The Kier molecular flexibility index (Phi) is 4.84. The number of rotatable bonds is 1. The van der Waals surface area contributed by atoms with Crippen LogP contribution in [0.2, 0.25) is 0 Å². The topological polar surface area (TPSA) is 32.3 Å². The van der Waals surface area contributed by atoms with Crippen molar-refractivity contribution in [2.45, 2.75) is 59.4 Å². The van der Waals surface area contributed by atoms with Gasteiger partial charge in [0, 0.05) is 18.6 Å². The molecule has 1 aliphatic heterocycles. The van der Waals surface area contributed by atoms with Crippen molar-refractivity contribution in [3.05, 3.63) is 0 Å². The molecule has 3 nitrogen and oxygen atoms in total. The highest BCUT2D eigenvalue weighted by Crippen LogP contribution is 2.24. The van der Waals surface area contributed by atoms with Gasteiger partial charge in [-0.2, -0.15) is 0 Å². The maximum Gasteiger partial charge on any atom is 0.317 e. The number of amides is 2. The summed E-state index contributed by atoms with van der Waals surface area (Å²) >= 11 is 0. The predicted octanol–water partition coefficient (Wildman–Crippen LogP) is 3.25. The van der Waals surface area contributed by atoms with Gasteiger partial charge in [0.1, 0.15) is 0 Å². The van der Waals surface area contributed by atoms with Crippen molar-refractivity contribution in [2.75, 3.05) is 13.1 Å². The molecule has 1 saturated heterocycles. The van der Waals surface area contributed by atoms with E-state index in [0.29, 0.717) is 0 Å². The molecule has 3 heteroatoms. The first-order valence-corrected chi connectivity index (χ1v) is 6.86. The van der Waals surface area contributed by atoms with Crippen LogP contribution in [0.4, 0.5) is 4.79 Å². The summed E-state index contributed by atoms with van der Waals surface area (Å²) in [5.74, 6) is 1.52. The average Bonchev–Trinajstić information content (AvgIpc) is 2.39. The monoisotopic (exact) mass is 240 g/mol. The largest absolute Gasteiger partial charge is 0.333 e. The molecule has 1 atom stereocenters. The minimum absolute atomic E-state index is 0.0990. The fourth-order valence-electron chi connectivity index (χ4n) is 2.39. The van der Waals surface area contributed by atoms with Gasteiger partial charge in [0.15, 0.2) is 0 Å². The highest BCUT2D eigenvalue weighted by molar-refractivity contribution is 5.74. The lowest BCUT2D eigenvalue weighted by molar-refractivity contribution is 0.189. The summed E-state index contributed by atoms with van der Waals surface area (Å²) in [6.07, 6.45) is 3.55. The van der Waals surface area contributed by atoms with Gasteiger partial charge in [0.2, 0.25) is 0 Å². The lowest BCUT2D eigenvalue weighted by atomic mass is 9.89. The molecule has 1 aliphatic rings. The van der Waals surface area contributed by atoms with Gasteiger partial charge in [0.05, 0.1) is 0 Å². The molecule has 1 rings (SSSR count). The van der Waals surface area contributed by atoms with Gasteiger partial charge in [-0.05, 0) is 51.9 Å². The first-order chi connectivity index (χ1) is 7.79. The Morgan fingerprint density at radius 3 is 2.41 bits per heavy atom. The third-order valence-corrected chi connectivity index (χ3v) is 3.48. The number of carbonyl (C=O) groups excluding carboxylic acids is 1. The van der Waals surface area contributed by atoms with E-state index in [1.807, 2.05) is 25.7 Å². The zero-order valence-corrected chi connectivity index (χ0v) is 12.0. The van der Waals surface area contributed by atoms with Crippen LogP contribution in [-0.4, -0.2) is 29.6 Å². The van der Waals surface area contributed by atoms with Crippen LogP contribution in [0, 0.1) is 11.8 Å². The highest BCUT2D eigenvalue weighted by atomic mass is 16.2. The third-order valence-electron chi connectivity index (χ3n) is 3.48. The number of carbonyl (C=O) groups is 1. The molecule has 1 N–H and O–H groups in total. The molecule has 0 saturated carbocycles. The minimum Gasteiger partial charge on any atom is -0.333 e. The van der Waals surface area contributed by atoms with Crippen molar-refractivity contribution >= 4 is 6.03 Å². The lowest BCUT2D eigenvalue weighted by Crippen LogP contribution is -2.48. The van der Waals surface area contributed by atoms with Crippen LogP contribution in [0.5, 0.6) is 0 Å². The van der Waals surface area contributed by atoms with Crippen molar-refractivity contribution in [3.8, 4) is 0 Å². The van der Waals surface area contributed by atoms with Crippen LogP contribution in [0.15, 0.2) is 0 Å². The molecule has 17 heavy (non-hydrogen) atoms. The van der Waals surface area contributed by atoms with Crippen molar-refractivity contribution in [1.29, 1.82) is 0 Å². The number of hydrogen-bond donors (Lipinski definition) is 1. The first-order valence-electron chi connectivity index (χ1n) is 6.86. The molecule has 0 radical (unpaired) electrons. The SMILES string of the molecule is CC(C)C1CCCN(C(=O)NC(C)(C)C)CC1. The van der Waals surface area contributed by atoms with Crippen LogP contribution in [-0.2, 0) is 0 Å². The summed E-state index contributed by atoms with van der Waals surface area (Å²) in [7, 11) is 0. The Morgan fingerprint density at radius 1 is 1.24 bits per heavy atom. The van der Waals surface area contributed by atoms with Crippen molar-refractivity contribution in [1.82, 2.24) is 10.2 Å². The summed E-state index contributed by atoms with van der Waals surface area (Å²) in [6, 6.07) is 0.0990. The normalized spacial score (nSPS) is 22.5. The highest BCUT2D eigenvalue weighted by Gasteiger charge is 2.24. The Morgan fingerprint density at radius 2 is 1.88 bits per heavy atom. The summed E-state index contributed by atoms with van der Waals surface area (Å²) in [5.41, 5.74) is -0.138. The molecule has 0 aliphatic carbocycles. The van der Waals surface area contributed by atoms with E-state index < -0.39 is 0 Å². The number of hydrogen-bond acceptors (Lipinski definition) is 1. The molecule has 1 fully saturated rings. The number of nitrogens with zero attached hydrogens (tertiary/aromatic N) is 1. The fourth-order valence-corrected chi connectivity index (χ4v) is 2.39. The quantitative estimate of drug-likeness (QED) is 0.749. The van der Waals surface area contributed by atoms with E-state index in [2.05, 4.69) is 19.2 Å². The maximum atomic E-state index is 12.1. The van der Waals surface area contributed by atoms with Crippen molar-refractivity contribution < 1.29 is 4.79 Å². The van der Waals surface area contributed by atoms with Gasteiger partial charge in [-0.1, -0.05) is 13.8 Å². The van der Waals surface area contributed by atoms with Gasteiger partial charge in [0.25, 0.3) is 0 Å². The first kappa shape index (κ1) is 14.3. The predicted molar refractivity (Wildman–Crippen MR) is 72.0 cm³/mol. The van der Waals surface area contributed by atoms with Crippen molar-refractivity contribution in [3.63, 3.8) is 0 Å². The van der Waals surface area contributed by atoms with Crippen molar-refractivity contribution in [2.24, 2.45) is 11.8 Å². The third kappa shape index (κ3) is 4.97. The molecule has 100 valence electrons. The van der Waals surface area contributed by atoms with E-state index >= 15 is 0 Å². The van der Waals surface area contributed by atoms with Gasteiger partial charge >= 0.3 is 6.03 Å². The number of likely N-dealkylation sites (tertiary alicyclic amines) is 1. The van der Waals surface area contributed by atoms with Crippen LogP contribution in [0.3, 0.4) is 0 Å². The summed E-state index contributed by atoms with van der Waals surface area (Å²) in [5, 5.41) is 3.05. The second-order valence-corrected chi connectivity index (χ2v) is 6.60. The number of urea groups is 1.